The summed E-state index contributed by atoms with van der Waals surface area (Å²) in [4.78, 5) is 10.7. The van der Waals surface area contributed by atoms with Gasteiger partial charge in [-0.2, -0.15) is 17.0 Å². The van der Waals surface area contributed by atoms with Crippen LogP contribution in [-0.2, 0) is 6.61 Å². The van der Waals surface area contributed by atoms with E-state index in [1.54, 1.807) is 12.3 Å². The topological polar surface area (TPSA) is 97.9 Å². The third-order valence-electron chi connectivity index (χ3n) is 6.88. The summed E-state index contributed by atoms with van der Waals surface area (Å²) in [5.41, 5.74) is 2.63. The lowest BCUT2D eigenvalue weighted by Gasteiger charge is -2.52. The molecule has 2 saturated heterocycles. The van der Waals surface area contributed by atoms with Gasteiger partial charge in [0.25, 0.3) is 0 Å². The fourth-order valence-electron chi connectivity index (χ4n) is 4.91. The molecular formula is C26H23Cl2FIN6OPS. The van der Waals surface area contributed by atoms with Crippen LogP contribution < -0.4 is 14.7 Å². The second-order valence-corrected chi connectivity index (χ2v) is 13.5. The molecule has 3 aromatic rings. The Morgan fingerprint density at radius 3 is 2.72 bits per heavy atom. The molecule has 1 aromatic carbocycles. The van der Waals surface area contributed by atoms with E-state index in [9.17, 15) is 5.26 Å². The molecule has 4 heterocycles. The molecule has 2 fully saturated rings. The average molecular weight is 715 g/mol. The van der Waals surface area contributed by atoms with Crippen molar-refractivity contribution in [1.82, 2.24) is 9.97 Å². The number of nitrogens with one attached hydrogen (secondary N) is 2. The van der Waals surface area contributed by atoms with Crippen LogP contribution in [0.1, 0.15) is 35.1 Å². The molecule has 202 valence electrons. The number of aromatic nitrogens is 2. The van der Waals surface area contributed by atoms with Crippen LogP contribution in [-0.4, -0.2) is 40.3 Å². The Balaban J connectivity index is 1.40. The number of hydrogen-bond donors (Lipinski definition) is 2. The number of rotatable bonds is 8. The van der Waals surface area contributed by atoms with Crippen LogP contribution in [0.25, 0.3) is 0 Å². The number of thioether (sulfide) groups is 1. The van der Waals surface area contributed by atoms with Crippen molar-refractivity contribution in [3.8, 4) is 11.8 Å². The van der Waals surface area contributed by atoms with Crippen molar-refractivity contribution < 1.29 is 9.13 Å². The first kappa shape index (κ1) is 28.6. The highest BCUT2D eigenvalue weighted by Gasteiger charge is 2.44. The van der Waals surface area contributed by atoms with Crippen LogP contribution in [0, 0.1) is 28.0 Å². The number of benzene rings is 1. The molecule has 2 aromatic heterocycles. The lowest BCUT2D eigenvalue weighted by Crippen LogP contribution is -2.59. The molecule has 0 saturated carbocycles. The monoisotopic (exact) mass is 714 g/mol. The van der Waals surface area contributed by atoms with Crippen molar-refractivity contribution in [3.63, 3.8) is 0 Å². The molecule has 1 spiro atoms. The first-order valence-electron chi connectivity index (χ1n) is 12.0. The number of anilines is 2. The maximum Gasteiger partial charge on any atom is 0.167 e. The maximum atomic E-state index is 15.0. The minimum absolute atomic E-state index is 0.0534. The molecule has 2 aliphatic heterocycles. The van der Waals surface area contributed by atoms with Gasteiger partial charge in [-0.3, -0.25) is 10.4 Å². The molecule has 2 aliphatic rings. The second-order valence-electron chi connectivity index (χ2n) is 9.51. The Morgan fingerprint density at radius 2 is 2.05 bits per heavy atom. The van der Waals surface area contributed by atoms with E-state index in [-0.39, 0.29) is 24.4 Å². The van der Waals surface area contributed by atoms with Crippen molar-refractivity contribution in [2.24, 2.45) is 5.41 Å². The summed E-state index contributed by atoms with van der Waals surface area (Å²) >= 11 is 16.5. The molecule has 0 amide bonds. The zero-order valence-corrected chi connectivity index (χ0v) is 26.0. The number of ether oxygens (including phenoxy) is 1. The van der Waals surface area contributed by atoms with Gasteiger partial charge in [-0.1, -0.05) is 23.2 Å². The van der Waals surface area contributed by atoms with Crippen molar-refractivity contribution in [2.45, 2.75) is 19.4 Å². The van der Waals surface area contributed by atoms with Crippen LogP contribution in [0.3, 0.4) is 0 Å². The number of halogens is 4. The quantitative estimate of drug-likeness (QED) is 0.142. The predicted octanol–water partition coefficient (Wildman–Crippen LogP) is 7.48. The molecule has 1 atom stereocenters. The summed E-state index contributed by atoms with van der Waals surface area (Å²) in [6, 6.07) is 6.71. The van der Waals surface area contributed by atoms with Crippen LogP contribution in [0.15, 0.2) is 36.8 Å². The van der Waals surface area contributed by atoms with Crippen LogP contribution >= 0.6 is 63.4 Å². The van der Waals surface area contributed by atoms with Gasteiger partial charge in [-0.15, -0.1) is 0 Å². The molecule has 39 heavy (non-hydrogen) atoms. The van der Waals surface area contributed by atoms with Crippen molar-refractivity contribution in [2.75, 3.05) is 34.6 Å². The van der Waals surface area contributed by atoms with Crippen LogP contribution in [0.2, 0.25) is 10.0 Å². The van der Waals surface area contributed by atoms with Crippen LogP contribution in [0.4, 0.5) is 15.9 Å². The highest BCUT2D eigenvalue weighted by Crippen LogP contribution is 2.44. The molecule has 1 unspecified atom stereocenters. The lowest BCUT2D eigenvalue weighted by atomic mass is 9.77. The van der Waals surface area contributed by atoms with Gasteiger partial charge in [-0.05, 0) is 52.8 Å². The minimum Gasteiger partial charge on any atom is -0.486 e. The number of nitrogens with zero attached hydrogens (tertiary/aromatic N) is 4. The van der Waals surface area contributed by atoms with Crippen LogP contribution in [0.5, 0.6) is 5.75 Å². The maximum absolute atomic E-state index is 15.0. The minimum atomic E-state index is -0.594. The summed E-state index contributed by atoms with van der Waals surface area (Å²) in [6.45, 7) is 1.72. The van der Waals surface area contributed by atoms with E-state index in [2.05, 4.69) is 48.1 Å². The standard InChI is InChI=1S/C26H23Cl2FIN6OPS/c27-19-9-33-10-20(28)18(19)11-37-23-5-17(22(35-38-30)6-21(23)29)24(32)16-4-15(7-31)25(34-8-16)36-12-26(13-36)2-1-3-39-14-26/h4-6,8-10,32,35,38H,1-3,11-14H2. The normalized spacial score (nSPS) is 16.2. The molecule has 7 nitrogen and oxygen atoms in total. The van der Waals surface area contributed by atoms with E-state index in [4.69, 9.17) is 33.3 Å². The van der Waals surface area contributed by atoms with Gasteiger partial charge in [0.05, 0.1) is 27.0 Å². The zero-order chi connectivity index (χ0) is 27.6. The van der Waals surface area contributed by atoms with Crippen molar-refractivity contribution >= 4 is 80.6 Å². The predicted molar refractivity (Wildman–Crippen MR) is 167 cm³/mol. The first-order chi connectivity index (χ1) is 18.8. The fraction of sp³-hybridized carbons (Fsp3) is 0.308. The van der Waals surface area contributed by atoms with Crippen molar-refractivity contribution in [3.05, 3.63) is 74.9 Å². The molecular weight excluding hydrogens is 692 g/mol. The van der Waals surface area contributed by atoms with E-state index >= 15 is 4.39 Å². The van der Waals surface area contributed by atoms with Gasteiger partial charge in [0.1, 0.15) is 18.5 Å². The highest BCUT2D eigenvalue weighted by molar-refractivity contribution is 14.2. The zero-order valence-electron chi connectivity index (χ0n) is 20.5. The molecule has 13 heteroatoms. The molecule has 0 radical (unpaired) electrons. The summed E-state index contributed by atoms with van der Waals surface area (Å²) in [5, 5.41) is 22.6. The smallest absolute Gasteiger partial charge is 0.167 e. The third-order valence-corrected chi connectivity index (χ3v) is 10.1. The molecule has 5 rings (SSSR count). The second kappa shape index (κ2) is 12.3. The van der Waals surface area contributed by atoms with E-state index in [0.717, 1.165) is 18.8 Å². The molecule has 0 bridgehead atoms. The lowest BCUT2D eigenvalue weighted by molar-refractivity contribution is 0.222. The van der Waals surface area contributed by atoms with E-state index in [1.807, 2.05) is 11.8 Å². The van der Waals surface area contributed by atoms with Gasteiger partial charge in [-0.25, -0.2) is 9.37 Å². The summed E-state index contributed by atoms with van der Waals surface area (Å²) in [6.07, 6.45) is 7.17. The summed E-state index contributed by atoms with van der Waals surface area (Å²) in [7, 11) is 0. The van der Waals surface area contributed by atoms with Gasteiger partial charge in [0, 0.05) is 72.0 Å². The van der Waals surface area contributed by atoms with E-state index in [1.165, 1.54) is 43.1 Å². The Bertz CT molecular complexity index is 1440. The van der Waals surface area contributed by atoms with Gasteiger partial charge < -0.3 is 14.7 Å². The molecule has 2 N–H and O–H groups in total. The summed E-state index contributed by atoms with van der Waals surface area (Å²) < 4.78 is 20.7. The Kier molecular flexibility index (Phi) is 9.04. The van der Waals surface area contributed by atoms with Gasteiger partial charge in [0.2, 0.25) is 0 Å². The number of hydrogen-bond acceptors (Lipinski definition) is 8. The Morgan fingerprint density at radius 1 is 1.28 bits per heavy atom. The van der Waals surface area contributed by atoms with Gasteiger partial charge in [0.15, 0.2) is 11.6 Å². The van der Waals surface area contributed by atoms with E-state index in [0.29, 0.717) is 49.2 Å². The van der Waals surface area contributed by atoms with E-state index < -0.39 is 5.82 Å². The Hall–Kier alpha value is -1.90. The number of pyridine rings is 2. The molecule has 0 aliphatic carbocycles. The van der Waals surface area contributed by atoms with Gasteiger partial charge >= 0.3 is 0 Å². The number of nitriles is 1. The van der Waals surface area contributed by atoms with Crippen molar-refractivity contribution in [1.29, 1.82) is 10.7 Å². The largest absolute Gasteiger partial charge is 0.486 e. The Labute approximate surface area is 255 Å². The average Bonchev–Trinajstić information content (AvgIpc) is 2.92. The SMILES string of the molecule is N#Cc1cc(C(=N)c2cc(OCc3c(Cl)cncc3Cl)c(F)cc2NPI)cnc1N1CC2(CCCSC2)C1. The first-order valence-corrected chi connectivity index (χ1v) is 18.0. The third kappa shape index (κ3) is 6.08. The fourth-order valence-corrected chi connectivity index (χ4v) is 7.81. The summed E-state index contributed by atoms with van der Waals surface area (Å²) in [5.74, 6) is 2.37. The highest BCUT2D eigenvalue weighted by atomic mass is 127.